The lowest BCUT2D eigenvalue weighted by Gasteiger charge is -2.28. The lowest BCUT2D eigenvalue weighted by molar-refractivity contribution is -0.135. The second kappa shape index (κ2) is 13.4. The molecule has 1 saturated heterocycles. The summed E-state index contributed by atoms with van der Waals surface area (Å²) < 4.78 is 36.4. The number of anilines is 2. The molecule has 0 aromatic heterocycles. The van der Waals surface area contributed by atoms with Gasteiger partial charge in [-0.25, -0.2) is 13.1 Å². The minimum absolute atomic E-state index is 0.0538. The molecule has 2 amide bonds. The lowest BCUT2D eigenvalue weighted by atomic mass is 9.92. The van der Waals surface area contributed by atoms with Gasteiger partial charge in [-0.05, 0) is 62.1 Å². The van der Waals surface area contributed by atoms with E-state index < -0.39 is 21.8 Å². The number of amides is 2. The molecular weight excluding hydrogens is 644 g/mol. The van der Waals surface area contributed by atoms with Gasteiger partial charge in [0.2, 0.25) is 18.1 Å². The number of likely N-dealkylation sites (tertiary alicyclic amines) is 1. The van der Waals surface area contributed by atoms with E-state index in [1.54, 1.807) is 37.4 Å². The highest BCUT2D eigenvalue weighted by Crippen LogP contribution is 2.40. The molecule has 260 valence electrons. The molecule has 2 atom stereocenters. The first-order chi connectivity index (χ1) is 23.3. The Hall–Kier alpha value is -4.59. The maximum absolute atomic E-state index is 13.9. The number of nitrogens with zero attached hydrogens (tertiary/aromatic N) is 2. The Bertz CT molecular complexity index is 1930. The van der Waals surface area contributed by atoms with E-state index in [1.807, 2.05) is 74.8 Å². The molecular formula is C36H44N6O6S. The standard InChI is InChI=1S/C36H44N6O6S/c1-7-47-35-38-29-13-10-12-28(32(43)37-6)31(29)42(35)20-24-15-16-26(25(19-24)21-41-18-17-36(4,5)34(41)44)27-11-8-9-14-30(27)49(45,46)40-33-22(2)23(3)39-48-33/h8-16,19,23,35,38-40H,7,17-18,20-21H2,1-6H3,(H,37,43)/t23-,35?/m0/s1. The van der Waals surface area contributed by atoms with Gasteiger partial charge in [0.1, 0.15) is 0 Å². The van der Waals surface area contributed by atoms with Crippen LogP contribution in [-0.2, 0) is 37.5 Å². The average molecular weight is 689 g/mol. The molecule has 0 radical (unpaired) electrons. The number of hydrogen-bond donors (Lipinski definition) is 4. The van der Waals surface area contributed by atoms with E-state index in [-0.39, 0.29) is 28.6 Å². The molecule has 0 saturated carbocycles. The molecule has 3 heterocycles. The van der Waals surface area contributed by atoms with Gasteiger partial charge in [-0.3, -0.25) is 9.59 Å². The fourth-order valence-electron chi connectivity index (χ4n) is 6.52. The van der Waals surface area contributed by atoms with Crippen LogP contribution >= 0.6 is 0 Å². The first-order valence-electron chi connectivity index (χ1n) is 16.5. The summed E-state index contributed by atoms with van der Waals surface area (Å²) in [6, 6.07) is 18.1. The summed E-state index contributed by atoms with van der Waals surface area (Å²) in [6.45, 7) is 11.2. The molecule has 1 unspecified atom stereocenters. The van der Waals surface area contributed by atoms with E-state index in [0.717, 1.165) is 34.5 Å². The molecule has 3 aromatic rings. The second-order valence-electron chi connectivity index (χ2n) is 13.3. The van der Waals surface area contributed by atoms with Crippen molar-refractivity contribution in [1.82, 2.24) is 20.4 Å². The van der Waals surface area contributed by atoms with Crippen molar-refractivity contribution in [3.05, 3.63) is 88.8 Å². The number of carbonyl (C=O) groups excluding carboxylic acids is 2. The molecule has 3 aliphatic heterocycles. The monoisotopic (exact) mass is 688 g/mol. The third kappa shape index (κ3) is 6.57. The molecule has 13 heteroatoms. The Balaban J connectivity index is 1.42. The average Bonchev–Trinajstić information content (AvgIpc) is 3.68. The quantitative estimate of drug-likeness (QED) is 0.227. The Morgan fingerprint density at radius 2 is 1.86 bits per heavy atom. The smallest absolute Gasteiger partial charge is 0.264 e. The molecule has 3 aliphatic rings. The summed E-state index contributed by atoms with van der Waals surface area (Å²) in [5.41, 5.74) is 7.97. The van der Waals surface area contributed by atoms with Gasteiger partial charge in [0.05, 0.1) is 27.9 Å². The molecule has 49 heavy (non-hydrogen) atoms. The highest BCUT2D eigenvalue weighted by Gasteiger charge is 2.39. The lowest BCUT2D eigenvalue weighted by Crippen LogP contribution is -2.38. The first-order valence-corrected chi connectivity index (χ1v) is 18.0. The predicted octanol–water partition coefficient (Wildman–Crippen LogP) is 4.66. The molecule has 12 nitrogen and oxygen atoms in total. The SMILES string of the molecule is CCOC1Nc2cccc(C(=O)NC)c2N1Cc1ccc(-c2ccccc2S(=O)(=O)NC2=C(C)[C@H](C)NO2)c(CN2CCC(C)(C)C2=O)c1. The van der Waals surface area contributed by atoms with Crippen molar-refractivity contribution in [2.45, 2.75) is 71.4 Å². The fourth-order valence-corrected chi connectivity index (χ4v) is 7.81. The van der Waals surface area contributed by atoms with Crippen LogP contribution in [0.5, 0.6) is 0 Å². The van der Waals surface area contributed by atoms with Crippen LogP contribution in [0.2, 0.25) is 0 Å². The molecule has 3 aromatic carbocycles. The van der Waals surface area contributed by atoms with Crippen LogP contribution in [0.4, 0.5) is 11.4 Å². The normalized spacial score (nSPS) is 19.9. The molecule has 0 spiro atoms. The van der Waals surface area contributed by atoms with Crippen LogP contribution in [0.25, 0.3) is 11.1 Å². The number of rotatable bonds is 11. The number of benzene rings is 3. The van der Waals surface area contributed by atoms with Gasteiger partial charge in [-0.1, -0.05) is 56.3 Å². The zero-order chi connectivity index (χ0) is 35.1. The van der Waals surface area contributed by atoms with E-state index in [9.17, 15) is 18.0 Å². The summed E-state index contributed by atoms with van der Waals surface area (Å²) in [6.07, 6.45) is 0.213. The summed E-state index contributed by atoms with van der Waals surface area (Å²) in [7, 11) is -2.47. The van der Waals surface area contributed by atoms with Gasteiger partial charge in [0, 0.05) is 49.8 Å². The minimum atomic E-state index is -4.07. The Kier molecular flexibility index (Phi) is 9.36. The van der Waals surface area contributed by atoms with Crippen molar-refractivity contribution in [1.29, 1.82) is 0 Å². The predicted molar refractivity (Wildman–Crippen MR) is 187 cm³/mol. The van der Waals surface area contributed by atoms with E-state index in [2.05, 4.69) is 20.8 Å². The van der Waals surface area contributed by atoms with E-state index in [4.69, 9.17) is 9.57 Å². The van der Waals surface area contributed by atoms with Crippen molar-refractivity contribution < 1.29 is 27.6 Å². The van der Waals surface area contributed by atoms with Gasteiger partial charge in [-0.15, -0.1) is 5.48 Å². The zero-order valence-corrected chi connectivity index (χ0v) is 29.5. The second-order valence-corrected chi connectivity index (χ2v) is 14.9. The largest absolute Gasteiger partial charge is 0.389 e. The maximum atomic E-state index is 13.9. The summed E-state index contributed by atoms with van der Waals surface area (Å²) in [5.74, 6) is -0.00184. The van der Waals surface area contributed by atoms with Gasteiger partial charge >= 0.3 is 0 Å². The number of hydroxylamine groups is 1. The van der Waals surface area contributed by atoms with Crippen LogP contribution in [0.15, 0.2) is 77.0 Å². The zero-order valence-electron chi connectivity index (χ0n) is 28.7. The van der Waals surface area contributed by atoms with E-state index in [0.29, 0.717) is 42.9 Å². The number of nitrogens with one attached hydrogen (secondary N) is 4. The van der Waals surface area contributed by atoms with Crippen LogP contribution in [0.3, 0.4) is 0 Å². The summed E-state index contributed by atoms with van der Waals surface area (Å²) in [5, 5.41) is 6.12. The highest BCUT2D eigenvalue weighted by molar-refractivity contribution is 7.89. The maximum Gasteiger partial charge on any atom is 0.264 e. The number of fused-ring (bicyclic) bond motifs is 1. The number of sulfonamides is 1. The molecule has 4 N–H and O–H groups in total. The number of carbonyl (C=O) groups is 2. The Morgan fingerprint density at radius 1 is 1.08 bits per heavy atom. The third-order valence-electron chi connectivity index (χ3n) is 9.48. The highest BCUT2D eigenvalue weighted by atomic mass is 32.2. The van der Waals surface area contributed by atoms with Crippen molar-refractivity contribution in [2.24, 2.45) is 5.41 Å². The van der Waals surface area contributed by atoms with Crippen LogP contribution in [0, 0.1) is 5.41 Å². The van der Waals surface area contributed by atoms with Crippen molar-refractivity contribution >= 4 is 33.2 Å². The van der Waals surface area contributed by atoms with Crippen molar-refractivity contribution in [2.75, 3.05) is 30.4 Å². The van der Waals surface area contributed by atoms with Crippen LogP contribution in [0.1, 0.15) is 62.5 Å². The van der Waals surface area contributed by atoms with Gasteiger partial charge in [-0.2, -0.15) is 0 Å². The van der Waals surface area contributed by atoms with Gasteiger partial charge in [0.25, 0.3) is 15.9 Å². The van der Waals surface area contributed by atoms with Crippen LogP contribution < -0.4 is 25.7 Å². The van der Waals surface area contributed by atoms with Crippen molar-refractivity contribution in [3.63, 3.8) is 0 Å². The molecule has 1 fully saturated rings. The van der Waals surface area contributed by atoms with Gasteiger partial charge < -0.3 is 30.0 Å². The first kappa shape index (κ1) is 34.3. The number of para-hydroxylation sites is 1. The number of ether oxygens (including phenoxy) is 1. The summed E-state index contributed by atoms with van der Waals surface area (Å²) in [4.78, 5) is 35.7. The third-order valence-corrected chi connectivity index (χ3v) is 10.9. The minimum Gasteiger partial charge on any atom is -0.389 e. The number of hydrogen-bond acceptors (Lipinski definition) is 9. The summed E-state index contributed by atoms with van der Waals surface area (Å²) >= 11 is 0. The van der Waals surface area contributed by atoms with Crippen LogP contribution in [-0.4, -0.2) is 57.7 Å². The van der Waals surface area contributed by atoms with E-state index >= 15 is 0 Å². The molecule has 0 aliphatic carbocycles. The van der Waals surface area contributed by atoms with E-state index in [1.165, 1.54) is 0 Å². The molecule has 6 rings (SSSR count). The molecule has 0 bridgehead atoms. The topological polar surface area (TPSA) is 141 Å². The van der Waals surface area contributed by atoms with Gasteiger partial charge in [0.15, 0.2) is 0 Å². The Labute approximate surface area is 287 Å². The Morgan fingerprint density at radius 3 is 2.53 bits per heavy atom. The fraction of sp³-hybridized carbons (Fsp3) is 0.389. The van der Waals surface area contributed by atoms with Crippen molar-refractivity contribution in [3.8, 4) is 11.1 Å².